The Balaban J connectivity index is 1.19. The molecule has 1 unspecified atom stereocenters. The van der Waals surface area contributed by atoms with E-state index in [1.807, 2.05) is 48.5 Å². The van der Waals surface area contributed by atoms with Gasteiger partial charge in [-0.05, 0) is 54.5 Å². The molecule has 2 amide bonds. The van der Waals surface area contributed by atoms with Crippen molar-refractivity contribution in [1.82, 2.24) is 16.0 Å². The van der Waals surface area contributed by atoms with Gasteiger partial charge in [0, 0.05) is 12.3 Å². The van der Waals surface area contributed by atoms with Crippen molar-refractivity contribution >= 4 is 23.5 Å². The number of benzene rings is 3. The number of carbonyl (C=O) groups is 3. The van der Waals surface area contributed by atoms with Crippen molar-refractivity contribution in [2.75, 3.05) is 6.54 Å². The summed E-state index contributed by atoms with van der Waals surface area (Å²) in [4.78, 5) is 37.6. The normalized spacial score (nSPS) is 17.3. The average Bonchev–Trinajstić information content (AvgIpc) is 3.00. The van der Waals surface area contributed by atoms with Gasteiger partial charge in [-0.25, -0.2) is 0 Å². The molecule has 4 rings (SSSR count). The maximum absolute atomic E-state index is 12.8. The molecular weight excluding hydrogens is 504 g/mol. The second-order valence-corrected chi connectivity index (χ2v) is 10.1. The molecule has 3 aromatic carbocycles. The quantitative estimate of drug-likeness (QED) is 0.218. The van der Waals surface area contributed by atoms with E-state index < -0.39 is 12.0 Å². The molecule has 8 heteroatoms. The van der Waals surface area contributed by atoms with Gasteiger partial charge >= 0.3 is 5.97 Å². The molecule has 8 nitrogen and oxygen atoms in total. The first-order valence-electron chi connectivity index (χ1n) is 13.6. The summed E-state index contributed by atoms with van der Waals surface area (Å²) >= 11 is 0. The standard InChI is InChI=1S/C32H36N4O4/c1-22(36-32(39)29-18-27(16-17-34-29)25-10-6-3-7-11-25)31(38)35-20-23-12-14-26(15-13-23)28(33)19-30(37)40-21-24-8-4-2-5-9-24/h2-15,22,27,29,33-34H,16-21H2,1H3,(H,35,38)(H,36,39)/t22-,27-,29?/m0/s1. The Kier molecular flexibility index (Phi) is 10.2. The van der Waals surface area contributed by atoms with Crippen molar-refractivity contribution < 1.29 is 19.1 Å². The highest BCUT2D eigenvalue weighted by molar-refractivity contribution is 6.07. The highest BCUT2D eigenvalue weighted by Gasteiger charge is 2.29. The lowest BCUT2D eigenvalue weighted by molar-refractivity contribution is -0.143. The average molecular weight is 541 g/mol. The maximum atomic E-state index is 12.8. The first kappa shape index (κ1) is 28.7. The summed E-state index contributed by atoms with van der Waals surface area (Å²) in [5.74, 6) is -0.595. The number of carbonyl (C=O) groups excluding carboxylic acids is 3. The summed E-state index contributed by atoms with van der Waals surface area (Å²) < 4.78 is 5.26. The third-order valence-corrected chi connectivity index (χ3v) is 7.08. The van der Waals surface area contributed by atoms with Crippen molar-refractivity contribution in [1.29, 1.82) is 5.41 Å². The number of hydrogen-bond acceptors (Lipinski definition) is 6. The van der Waals surface area contributed by atoms with E-state index in [2.05, 4.69) is 28.1 Å². The van der Waals surface area contributed by atoms with Crippen LogP contribution in [0.15, 0.2) is 84.9 Å². The third kappa shape index (κ3) is 8.35. The van der Waals surface area contributed by atoms with E-state index in [4.69, 9.17) is 10.1 Å². The summed E-state index contributed by atoms with van der Waals surface area (Å²) in [6.45, 7) is 2.88. The van der Waals surface area contributed by atoms with Gasteiger partial charge in [0.1, 0.15) is 12.6 Å². The van der Waals surface area contributed by atoms with Gasteiger partial charge in [-0.2, -0.15) is 0 Å². The van der Waals surface area contributed by atoms with Gasteiger partial charge in [0.2, 0.25) is 11.8 Å². The van der Waals surface area contributed by atoms with E-state index in [1.54, 1.807) is 31.2 Å². The Morgan fingerprint density at radius 1 is 0.950 bits per heavy atom. The number of amides is 2. The number of rotatable bonds is 11. The van der Waals surface area contributed by atoms with Crippen LogP contribution in [0.1, 0.15) is 54.4 Å². The fourth-order valence-corrected chi connectivity index (χ4v) is 4.73. The molecule has 208 valence electrons. The Labute approximate surface area is 235 Å². The van der Waals surface area contributed by atoms with Crippen molar-refractivity contribution in [3.05, 3.63) is 107 Å². The Morgan fingerprint density at radius 3 is 2.33 bits per heavy atom. The Hall–Kier alpha value is -4.30. The fourth-order valence-electron chi connectivity index (χ4n) is 4.73. The number of esters is 1. The fraction of sp³-hybridized carbons (Fsp3) is 0.312. The smallest absolute Gasteiger partial charge is 0.312 e. The lowest BCUT2D eigenvalue weighted by atomic mass is 9.86. The van der Waals surface area contributed by atoms with Gasteiger partial charge in [-0.15, -0.1) is 0 Å². The van der Waals surface area contributed by atoms with E-state index in [-0.39, 0.29) is 43.1 Å². The van der Waals surface area contributed by atoms with Gasteiger partial charge in [0.15, 0.2) is 0 Å². The Bertz CT molecular complexity index is 1300. The summed E-state index contributed by atoms with van der Waals surface area (Å²) in [6.07, 6.45) is 1.54. The lowest BCUT2D eigenvalue weighted by Crippen LogP contribution is -2.53. The number of piperidine rings is 1. The van der Waals surface area contributed by atoms with Gasteiger partial charge in [-0.1, -0.05) is 84.9 Å². The van der Waals surface area contributed by atoms with Crippen LogP contribution in [0.2, 0.25) is 0 Å². The minimum absolute atomic E-state index is 0.123. The Morgan fingerprint density at radius 2 is 1.62 bits per heavy atom. The van der Waals surface area contributed by atoms with Crippen molar-refractivity contribution in [2.24, 2.45) is 0 Å². The van der Waals surface area contributed by atoms with Crippen LogP contribution in [0.5, 0.6) is 0 Å². The van der Waals surface area contributed by atoms with Crippen LogP contribution in [0.3, 0.4) is 0 Å². The van der Waals surface area contributed by atoms with Crippen LogP contribution in [0.4, 0.5) is 0 Å². The molecule has 1 aliphatic rings. The highest BCUT2D eigenvalue weighted by Crippen LogP contribution is 2.27. The zero-order valence-electron chi connectivity index (χ0n) is 22.7. The summed E-state index contributed by atoms with van der Waals surface area (Å²) in [5.41, 5.74) is 3.74. The van der Waals surface area contributed by atoms with E-state index in [0.717, 1.165) is 24.1 Å². The third-order valence-electron chi connectivity index (χ3n) is 7.08. The van der Waals surface area contributed by atoms with Crippen LogP contribution in [0, 0.1) is 5.41 Å². The monoisotopic (exact) mass is 540 g/mol. The summed E-state index contributed by atoms with van der Waals surface area (Å²) in [5, 5.41) is 17.2. The molecule has 0 radical (unpaired) electrons. The molecule has 3 atom stereocenters. The number of ether oxygens (including phenoxy) is 1. The molecule has 1 fully saturated rings. The van der Waals surface area contributed by atoms with Crippen LogP contribution >= 0.6 is 0 Å². The molecule has 0 spiro atoms. The molecule has 1 aliphatic heterocycles. The number of hydrogen-bond donors (Lipinski definition) is 4. The molecule has 3 aromatic rings. The predicted molar refractivity (Wildman–Crippen MR) is 154 cm³/mol. The second-order valence-electron chi connectivity index (χ2n) is 10.1. The molecule has 0 saturated carbocycles. The van der Waals surface area contributed by atoms with E-state index in [9.17, 15) is 14.4 Å². The first-order valence-corrected chi connectivity index (χ1v) is 13.6. The molecule has 4 N–H and O–H groups in total. The van der Waals surface area contributed by atoms with Gasteiger partial charge in [0.05, 0.1) is 12.5 Å². The molecule has 1 saturated heterocycles. The van der Waals surface area contributed by atoms with Gasteiger partial charge in [0.25, 0.3) is 0 Å². The first-order chi connectivity index (χ1) is 19.4. The van der Waals surface area contributed by atoms with Crippen molar-refractivity contribution in [3.8, 4) is 0 Å². The summed E-state index contributed by atoms with van der Waals surface area (Å²) in [7, 11) is 0. The van der Waals surface area contributed by atoms with E-state index >= 15 is 0 Å². The van der Waals surface area contributed by atoms with E-state index in [1.165, 1.54) is 5.56 Å². The zero-order chi connectivity index (χ0) is 28.3. The van der Waals surface area contributed by atoms with Crippen LogP contribution < -0.4 is 16.0 Å². The highest BCUT2D eigenvalue weighted by atomic mass is 16.5. The molecule has 0 aromatic heterocycles. The largest absolute Gasteiger partial charge is 0.461 e. The molecule has 40 heavy (non-hydrogen) atoms. The second kappa shape index (κ2) is 14.2. The minimum Gasteiger partial charge on any atom is -0.461 e. The van der Waals surface area contributed by atoms with E-state index in [0.29, 0.717) is 17.9 Å². The zero-order valence-corrected chi connectivity index (χ0v) is 22.7. The van der Waals surface area contributed by atoms with Gasteiger partial charge < -0.3 is 26.1 Å². The van der Waals surface area contributed by atoms with Gasteiger partial charge in [-0.3, -0.25) is 14.4 Å². The van der Waals surface area contributed by atoms with Crippen molar-refractivity contribution in [2.45, 2.75) is 57.3 Å². The predicted octanol–water partition coefficient (Wildman–Crippen LogP) is 3.84. The molecule has 0 aliphatic carbocycles. The van der Waals surface area contributed by atoms with Crippen LogP contribution in [-0.2, 0) is 32.3 Å². The molecule has 1 heterocycles. The lowest BCUT2D eigenvalue weighted by Gasteiger charge is -2.30. The van der Waals surface area contributed by atoms with Crippen molar-refractivity contribution in [3.63, 3.8) is 0 Å². The summed E-state index contributed by atoms with van der Waals surface area (Å²) in [6, 6.07) is 25.7. The maximum Gasteiger partial charge on any atom is 0.312 e. The number of nitrogens with one attached hydrogen (secondary N) is 4. The van der Waals surface area contributed by atoms with Crippen LogP contribution in [0.25, 0.3) is 0 Å². The molecule has 0 bridgehead atoms. The topological polar surface area (TPSA) is 120 Å². The SMILES string of the molecule is C[C@H](NC(=O)C1C[C@@H](c2ccccc2)CCN1)C(=O)NCc1ccc(C(=N)CC(=O)OCc2ccccc2)cc1. The minimum atomic E-state index is -0.680. The molecular formula is C32H36N4O4. The van der Waals surface area contributed by atoms with Crippen LogP contribution in [-0.4, -0.2) is 42.1 Å².